The van der Waals surface area contributed by atoms with Crippen LogP contribution in [0.2, 0.25) is 0 Å². The Hall–Kier alpha value is -3.76. The number of para-hydroxylation sites is 1. The first kappa shape index (κ1) is 23.4. The van der Waals surface area contributed by atoms with Crippen LogP contribution in [-0.2, 0) is 15.4 Å². The van der Waals surface area contributed by atoms with Crippen molar-refractivity contribution < 1.29 is 8.42 Å². The Morgan fingerprint density at radius 2 is 1.68 bits per heavy atom. The first-order valence-corrected chi connectivity index (χ1v) is 14.4. The lowest BCUT2D eigenvalue weighted by Crippen LogP contribution is -2.44. The number of nitrogens with one attached hydrogen (secondary N) is 1. The van der Waals surface area contributed by atoms with Gasteiger partial charge in [-0.05, 0) is 56.3 Å². The van der Waals surface area contributed by atoms with Crippen LogP contribution < -0.4 is 14.5 Å². The molecular weight excluding hydrogens is 498 g/mol. The minimum Gasteiger partial charge on any atom is -0.369 e. The van der Waals surface area contributed by atoms with Gasteiger partial charge in [0.2, 0.25) is 5.95 Å². The molecule has 2 aromatic carbocycles. The van der Waals surface area contributed by atoms with Crippen LogP contribution in [-0.4, -0.2) is 68.0 Å². The summed E-state index contributed by atoms with van der Waals surface area (Å²) in [6.45, 7) is 4.51. The third-order valence-electron chi connectivity index (χ3n) is 8.03. The minimum atomic E-state index is -3.88. The second kappa shape index (κ2) is 8.64. The molecule has 10 heteroatoms. The summed E-state index contributed by atoms with van der Waals surface area (Å²) in [5.41, 5.74) is 3.24. The number of benzene rings is 2. The zero-order valence-electron chi connectivity index (χ0n) is 21.2. The maximum atomic E-state index is 14.0. The van der Waals surface area contributed by atoms with E-state index in [-0.39, 0.29) is 10.3 Å². The topological polar surface area (TPSA) is 94.6 Å². The number of pyridine rings is 1. The Balaban J connectivity index is 1.19. The number of nitrogens with zero attached hydrogens (tertiary/aromatic N) is 6. The van der Waals surface area contributed by atoms with E-state index in [0.29, 0.717) is 23.8 Å². The molecule has 0 radical (unpaired) electrons. The van der Waals surface area contributed by atoms with E-state index in [1.807, 2.05) is 30.3 Å². The molecule has 0 bridgehead atoms. The standard InChI is InChI=1S/C28H29N7O2S/c1-33-14-16-34(17-15-33)22-9-7-21(8-10-22)31-27-30-18-23-26(32-27)35(19-28(23)11-12-28)38(36,37)24-6-2-4-20-5-3-13-29-25(20)24/h2-10,13,18H,11-12,14-17,19H2,1H3,(H,30,31,32). The highest BCUT2D eigenvalue weighted by Crippen LogP contribution is 2.57. The SMILES string of the molecule is CN1CCN(c2ccc(Nc3ncc4c(n3)N(S(=O)(=O)c3cccc5cccnc35)CC43CC3)cc2)CC1. The van der Waals surface area contributed by atoms with Crippen LogP contribution in [0.25, 0.3) is 10.9 Å². The highest BCUT2D eigenvalue weighted by atomic mass is 32.2. The summed E-state index contributed by atoms with van der Waals surface area (Å²) >= 11 is 0. The molecule has 7 rings (SSSR count). The van der Waals surface area contributed by atoms with Crippen LogP contribution >= 0.6 is 0 Å². The molecule has 1 saturated heterocycles. The molecule has 38 heavy (non-hydrogen) atoms. The second-order valence-electron chi connectivity index (χ2n) is 10.5. The number of aromatic nitrogens is 3. The molecule has 4 heterocycles. The highest BCUT2D eigenvalue weighted by Gasteiger charge is 2.55. The number of piperazine rings is 1. The fraction of sp³-hybridized carbons (Fsp3) is 0.321. The second-order valence-corrected chi connectivity index (χ2v) is 12.3. The lowest BCUT2D eigenvalue weighted by molar-refractivity contribution is 0.313. The fourth-order valence-electron chi connectivity index (χ4n) is 5.56. The summed E-state index contributed by atoms with van der Waals surface area (Å²) in [6.07, 6.45) is 5.29. The van der Waals surface area contributed by atoms with Crippen molar-refractivity contribution in [3.8, 4) is 0 Å². The Kier molecular flexibility index (Phi) is 5.31. The summed E-state index contributed by atoms with van der Waals surface area (Å²) in [7, 11) is -1.73. The van der Waals surface area contributed by atoms with E-state index in [1.165, 1.54) is 9.99 Å². The van der Waals surface area contributed by atoms with Crippen LogP contribution in [0.4, 0.5) is 23.1 Å². The smallest absolute Gasteiger partial charge is 0.267 e. The van der Waals surface area contributed by atoms with Gasteiger partial charge in [-0.3, -0.25) is 4.98 Å². The van der Waals surface area contributed by atoms with Crippen molar-refractivity contribution in [2.45, 2.75) is 23.2 Å². The van der Waals surface area contributed by atoms with Gasteiger partial charge in [0.05, 0.1) is 5.52 Å². The molecule has 1 saturated carbocycles. The predicted octanol–water partition coefficient (Wildman–Crippen LogP) is 3.76. The summed E-state index contributed by atoms with van der Waals surface area (Å²) < 4.78 is 29.5. The average molecular weight is 528 g/mol. The minimum absolute atomic E-state index is 0.191. The van der Waals surface area contributed by atoms with Crippen LogP contribution in [0, 0.1) is 0 Å². The van der Waals surface area contributed by atoms with Crippen molar-refractivity contribution in [1.29, 1.82) is 0 Å². The first-order chi connectivity index (χ1) is 18.4. The number of sulfonamides is 1. The molecule has 2 aliphatic heterocycles. The highest BCUT2D eigenvalue weighted by molar-refractivity contribution is 7.93. The fourth-order valence-corrected chi connectivity index (χ4v) is 7.25. The Morgan fingerprint density at radius 3 is 2.45 bits per heavy atom. The van der Waals surface area contributed by atoms with Crippen LogP contribution in [0.15, 0.2) is 71.9 Å². The number of rotatable bonds is 5. The first-order valence-electron chi connectivity index (χ1n) is 13.0. The van der Waals surface area contributed by atoms with E-state index in [2.05, 4.69) is 44.3 Å². The van der Waals surface area contributed by atoms with E-state index in [0.717, 1.165) is 55.7 Å². The molecular formula is C28H29N7O2S. The van der Waals surface area contributed by atoms with Gasteiger partial charge in [-0.25, -0.2) is 17.7 Å². The molecule has 1 aliphatic carbocycles. The van der Waals surface area contributed by atoms with Crippen molar-refractivity contribution in [2.75, 3.05) is 54.3 Å². The number of hydrogen-bond donors (Lipinski definition) is 1. The summed E-state index contributed by atoms with van der Waals surface area (Å²) in [6, 6.07) is 17.2. The molecule has 9 nitrogen and oxygen atoms in total. The quantitative estimate of drug-likeness (QED) is 0.419. The van der Waals surface area contributed by atoms with Crippen molar-refractivity contribution in [3.63, 3.8) is 0 Å². The summed E-state index contributed by atoms with van der Waals surface area (Å²) in [5, 5.41) is 4.07. The molecule has 194 valence electrons. The van der Waals surface area contributed by atoms with Gasteiger partial charge in [-0.15, -0.1) is 0 Å². The van der Waals surface area contributed by atoms with Crippen LogP contribution in [0.3, 0.4) is 0 Å². The summed E-state index contributed by atoms with van der Waals surface area (Å²) in [4.78, 5) is 18.6. The molecule has 2 fully saturated rings. The van der Waals surface area contributed by atoms with E-state index >= 15 is 0 Å². The molecule has 0 unspecified atom stereocenters. The van der Waals surface area contributed by atoms with Crippen molar-refractivity contribution >= 4 is 44.1 Å². The van der Waals surface area contributed by atoms with Gasteiger partial charge in [-0.1, -0.05) is 18.2 Å². The molecule has 1 spiro atoms. The van der Waals surface area contributed by atoms with Gasteiger partial charge in [0.25, 0.3) is 10.0 Å². The molecule has 2 aromatic heterocycles. The van der Waals surface area contributed by atoms with E-state index in [1.54, 1.807) is 24.5 Å². The van der Waals surface area contributed by atoms with E-state index in [9.17, 15) is 8.42 Å². The molecule has 4 aromatic rings. The monoisotopic (exact) mass is 527 g/mol. The lowest BCUT2D eigenvalue weighted by atomic mass is 10.0. The van der Waals surface area contributed by atoms with Gasteiger partial charge >= 0.3 is 0 Å². The number of fused-ring (bicyclic) bond motifs is 3. The van der Waals surface area contributed by atoms with E-state index in [4.69, 9.17) is 4.98 Å². The molecule has 3 aliphatic rings. The Morgan fingerprint density at radius 1 is 0.921 bits per heavy atom. The third kappa shape index (κ3) is 3.86. The lowest BCUT2D eigenvalue weighted by Gasteiger charge is -2.34. The van der Waals surface area contributed by atoms with Gasteiger partial charge in [-0.2, -0.15) is 4.98 Å². The zero-order chi connectivity index (χ0) is 25.9. The van der Waals surface area contributed by atoms with Gasteiger partial charge in [0, 0.05) is 72.9 Å². The maximum Gasteiger partial charge on any atom is 0.267 e. The molecule has 1 N–H and O–H groups in total. The van der Waals surface area contributed by atoms with Gasteiger partial charge in [0.15, 0.2) is 5.82 Å². The van der Waals surface area contributed by atoms with Gasteiger partial charge < -0.3 is 15.1 Å². The zero-order valence-corrected chi connectivity index (χ0v) is 22.0. The van der Waals surface area contributed by atoms with Crippen molar-refractivity contribution in [2.24, 2.45) is 0 Å². The number of likely N-dealkylation sites (N-methyl/N-ethyl adjacent to an activating group) is 1. The van der Waals surface area contributed by atoms with Crippen LogP contribution in [0.1, 0.15) is 18.4 Å². The number of anilines is 4. The molecule has 0 atom stereocenters. The van der Waals surface area contributed by atoms with Crippen LogP contribution in [0.5, 0.6) is 0 Å². The Labute approximate surface area is 222 Å². The summed E-state index contributed by atoms with van der Waals surface area (Å²) in [5.74, 6) is 0.840. The molecule has 0 amide bonds. The van der Waals surface area contributed by atoms with Gasteiger partial charge in [0.1, 0.15) is 4.90 Å². The van der Waals surface area contributed by atoms with Crippen molar-refractivity contribution in [1.82, 2.24) is 19.9 Å². The van der Waals surface area contributed by atoms with Crippen molar-refractivity contribution in [3.05, 3.63) is 72.6 Å². The number of hydrogen-bond acceptors (Lipinski definition) is 8. The normalized spacial score (nSPS) is 18.7. The largest absolute Gasteiger partial charge is 0.369 e. The third-order valence-corrected chi connectivity index (χ3v) is 9.80. The average Bonchev–Trinajstić information content (AvgIpc) is 3.65. The Bertz CT molecular complexity index is 1620. The van der Waals surface area contributed by atoms with E-state index < -0.39 is 10.0 Å². The maximum absolute atomic E-state index is 14.0. The predicted molar refractivity (Wildman–Crippen MR) is 149 cm³/mol.